The van der Waals surface area contributed by atoms with Gasteiger partial charge in [0, 0.05) is 13.0 Å². The van der Waals surface area contributed by atoms with E-state index >= 15 is 0 Å². The molecule has 3 heteroatoms. The first kappa shape index (κ1) is 22.5. The van der Waals surface area contributed by atoms with Gasteiger partial charge in [0.2, 0.25) is 5.91 Å². The minimum Gasteiger partial charge on any atom is -0.507 e. The molecule has 0 radical (unpaired) electrons. The molecule has 1 rings (SSSR count). The van der Waals surface area contributed by atoms with Crippen LogP contribution in [0.1, 0.15) is 97.3 Å². The molecule has 0 aromatic heterocycles. The molecule has 0 heterocycles. The largest absolute Gasteiger partial charge is 0.507 e. The summed E-state index contributed by atoms with van der Waals surface area (Å²) in [6.45, 7) is 15.6. The second kappa shape index (κ2) is 9.43. The van der Waals surface area contributed by atoms with Crippen LogP contribution in [-0.2, 0) is 22.0 Å². The van der Waals surface area contributed by atoms with Crippen molar-refractivity contribution in [3.63, 3.8) is 0 Å². The standard InChI is InChI=1S/C23H39NO2/c1-8-9-10-11-14-24-20(25)13-12-17-15-18(22(2,3)4)21(26)19(16-17)23(5,6)7/h15-16,26H,8-14H2,1-7H3,(H,24,25). The zero-order valence-corrected chi connectivity index (χ0v) is 18.0. The SMILES string of the molecule is CCCCCCNC(=O)CCc1cc(C(C)(C)C)c(O)c(C(C)(C)C)c1. The van der Waals surface area contributed by atoms with E-state index in [1.54, 1.807) is 0 Å². The molecule has 0 saturated heterocycles. The van der Waals surface area contributed by atoms with Gasteiger partial charge in [-0.25, -0.2) is 0 Å². The molecule has 1 aromatic carbocycles. The summed E-state index contributed by atoms with van der Waals surface area (Å²) in [6, 6.07) is 4.14. The number of carbonyl (C=O) groups is 1. The Morgan fingerprint density at radius 2 is 1.50 bits per heavy atom. The van der Waals surface area contributed by atoms with Gasteiger partial charge in [-0.15, -0.1) is 0 Å². The van der Waals surface area contributed by atoms with Crippen molar-refractivity contribution >= 4 is 5.91 Å². The molecule has 0 bridgehead atoms. The van der Waals surface area contributed by atoms with Crippen LogP contribution >= 0.6 is 0 Å². The normalized spacial score (nSPS) is 12.3. The van der Waals surface area contributed by atoms with E-state index in [-0.39, 0.29) is 16.7 Å². The van der Waals surface area contributed by atoms with Crippen LogP contribution in [0.3, 0.4) is 0 Å². The lowest BCUT2D eigenvalue weighted by Crippen LogP contribution is -2.24. The van der Waals surface area contributed by atoms with E-state index in [1.165, 1.54) is 19.3 Å². The molecule has 0 aliphatic carbocycles. The van der Waals surface area contributed by atoms with Crippen molar-refractivity contribution in [2.24, 2.45) is 0 Å². The van der Waals surface area contributed by atoms with E-state index in [2.05, 4.69) is 65.9 Å². The van der Waals surface area contributed by atoms with Gasteiger partial charge in [0.05, 0.1) is 0 Å². The molecule has 0 aliphatic rings. The number of phenolic OH excluding ortho intramolecular Hbond substituents is 1. The lowest BCUT2D eigenvalue weighted by Gasteiger charge is -2.28. The topological polar surface area (TPSA) is 49.3 Å². The Balaban J connectivity index is 2.82. The summed E-state index contributed by atoms with van der Waals surface area (Å²) in [4.78, 5) is 12.1. The molecule has 0 atom stereocenters. The van der Waals surface area contributed by atoms with Gasteiger partial charge in [0.1, 0.15) is 5.75 Å². The van der Waals surface area contributed by atoms with E-state index in [9.17, 15) is 9.90 Å². The van der Waals surface area contributed by atoms with E-state index in [0.29, 0.717) is 18.6 Å². The fourth-order valence-corrected chi connectivity index (χ4v) is 3.11. The molecule has 0 unspecified atom stereocenters. The molecular formula is C23H39NO2. The minimum atomic E-state index is -0.137. The predicted octanol–water partition coefficient (Wildman–Crippen LogP) is 5.62. The number of aromatic hydroxyl groups is 1. The third kappa shape index (κ3) is 7.01. The second-order valence-electron chi connectivity index (χ2n) is 9.45. The van der Waals surface area contributed by atoms with Crippen molar-refractivity contribution in [3.8, 4) is 5.75 Å². The van der Waals surface area contributed by atoms with Gasteiger partial charge in [-0.05, 0) is 40.4 Å². The van der Waals surface area contributed by atoms with Crippen molar-refractivity contribution < 1.29 is 9.90 Å². The fourth-order valence-electron chi connectivity index (χ4n) is 3.11. The number of phenols is 1. The van der Waals surface area contributed by atoms with Crippen LogP contribution in [0.4, 0.5) is 0 Å². The molecule has 1 amide bonds. The van der Waals surface area contributed by atoms with Crippen LogP contribution in [0.5, 0.6) is 5.75 Å². The van der Waals surface area contributed by atoms with Gasteiger partial charge < -0.3 is 10.4 Å². The Bertz CT molecular complexity index is 556. The first-order valence-electron chi connectivity index (χ1n) is 10.1. The van der Waals surface area contributed by atoms with Crippen molar-refractivity contribution in [2.45, 2.75) is 97.8 Å². The summed E-state index contributed by atoms with van der Waals surface area (Å²) in [5.74, 6) is 0.512. The van der Waals surface area contributed by atoms with E-state index in [4.69, 9.17) is 0 Å². The number of aryl methyl sites for hydroxylation is 1. The van der Waals surface area contributed by atoms with Gasteiger partial charge in [-0.3, -0.25) is 4.79 Å². The van der Waals surface area contributed by atoms with Crippen LogP contribution in [0.15, 0.2) is 12.1 Å². The summed E-state index contributed by atoms with van der Waals surface area (Å²) >= 11 is 0. The van der Waals surface area contributed by atoms with Crippen molar-refractivity contribution in [2.75, 3.05) is 6.54 Å². The summed E-state index contributed by atoms with van der Waals surface area (Å²) in [7, 11) is 0. The van der Waals surface area contributed by atoms with Gasteiger partial charge in [-0.1, -0.05) is 79.9 Å². The molecule has 148 valence electrons. The fraction of sp³-hybridized carbons (Fsp3) is 0.696. The van der Waals surface area contributed by atoms with Crippen molar-refractivity contribution in [1.29, 1.82) is 0 Å². The van der Waals surface area contributed by atoms with Gasteiger partial charge in [0.25, 0.3) is 0 Å². The summed E-state index contributed by atoms with van der Waals surface area (Å²) < 4.78 is 0. The maximum atomic E-state index is 12.1. The number of unbranched alkanes of at least 4 members (excludes halogenated alkanes) is 3. The molecule has 0 aliphatic heterocycles. The Morgan fingerprint density at radius 3 is 1.96 bits per heavy atom. The van der Waals surface area contributed by atoms with E-state index in [1.807, 2.05) is 0 Å². The average molecular weight is 362 g/mol. The summed E-state index contributed by atoms with van der Waals surface area (Å²) in [5, 5.41) is 13.8. The third-order valence-electron chi connectivity index (χ3n) is 4.78. The number of rotatable bonds is 8. The zero-order valence-electron chi connectivity index (χ0n) is 18.0. The van der Waals surface area contributed by atoms with Crippen LogP contribution in [-0.4, -0.2) is 17.6 Å². The van der Waals surface area contributed by atoms with E-state index < -0.39 is 0 Å². The average Bonchev–Trinajstić information content (AvgIpc) is 2.51. The first-order chi connectivity index (χ1) is 12.0. The Labute approximate surface area is 160 Å². The van der Waals surface area contributed by atoms with Crippen molar-refractivity contribution in [1.82, 2.24) is 5.32 Å². The highest BCUT2D eigenvalue weighted by Gasteiger charge is 2.26. The number of benzene rings is 1. The summed E-state index contributed by atoms with van der Waals surface area (Å²) in [6.07, 6.45) is 5.87. The lowest BCUT2D eigenvalue weighted by atomic mass is 9.78. The number of nitrogens with one attached hydrogen (secondary N) is 1. The third-order valence-corrected chi connectivity index (χ3v) is 4.78. The number of carbonyl (C=O) groups excluding carboxylic acids is 1. The van der Waals surface area contributed by atoms with Gasteiger partial charge in [0.15, 0.2) is 0 Å². The number of hydrogen-bond donors (Lipinski definition) is 2. The Hall–Kier alpha value is -1.51. The van der Waals surface area contributed by atoms with E-state index in [0.717, 1.165) is 29.7 Å². The van der Waals surface area contributed by atoms with Crippen LogP contribution in [0, 0.1) is 0 Å². The molecule has 3 nitrogen and oxygen atoms in total. The number of amides is 1. The molecule has 0 spiro atoms. The zero-order chi connectivity index (χ0) is 20.0. The second-order valence-corrected chi connectivity index (χ2v) is 9.45. The first-order valence-corrected chi connectivity index (χ1v) is 10.1. The monoisotopic (exact) mass is 361 g/mol. The number of hydrogen-bond acceptors (Lipinski definition) is 2. The molecular weight excluding hydrogens is 322 g/mol. The van der Waals surface area contributed by atoms with Gasteiger partial charge >= 0.3 is 0 Å². The van der Waals surface area contributed by atoms with Crippen LogP contribution in [0.2, 0.25) is 0 Å². The highest BCUT2D eigenvalue weighted by molar-refractivity contribution is 5.76. The van der Waals surface area contributed by atoms with Crippen LogP contribution < -0.4 is 5.32 Å². The van der Waals surface area contributed by atoms with Gasteiger partial charge in [-0.2, -0.15) is 0 Å². The highest BCUT2D eigenvalue weighted by atomic mass is 16.3. The van der Waals surface area contributed by atoms with Crippen molar-refractivity contribution in [3.05, 3.63) is 28.8 Å². The Kier molecular flexibility index (Phi) is 8.17. The quantitative estimate of drug-likeness (QED) is 0.591. The van der Waals surface area contributed by atoms with Crippen LogP contribution in [0.25, 0.3) is 0 Å². The smallest absolute Gasteiger partial charge is 0.220 e. The molecule has 26 heavy (non-hydrogen) atoms. The maximum Gasteiger partial charge on any atom is 0.220 e. The Morgan fingerprint density at radius 1 is 0.962 bits per heavy atom. The highest BCUT2D eigenvalue weighted by Crippen LogP contribution is 2.39. The molecule has 2 N–H and O–H groups in total. The molecule has 0 fully saturated rings. The maximum absolute atomic E-state index is 12.1. The minimum absolute atomic E-state index is 0.115. The lowest BCUT2D eigenvalue weighted by molar-refractivity contribution is -0.121. The molecule has 0 saturated carbocycles. The molecule has 1 aromatic rings. The predicted molar refractivity (Wildman–Crippen MR) is 111 cm³/mol. The summed E-state index contributed by atoms with van der Waals surface area (Å²) in [5.41, 5.74) is 2.77.